The lowest BCUT2D eigenvalue weighted by atomic mass is 9.98. The third kappa shape index (κ3) is 6.76. The number of thioether (sulfide) groups is 1. The number of hydrogen-bond donors (Lipinski definition) is 2. The second-order valence-electron chi connectivity index (χ2n) is 6.63. The fraction of sp³-hybridized carbons (Fsp3) is 0.450. The number of ether oxygens (including phenoxy) is 1. The molecule has 1 aromatic heterocycles. The Balaban J connectivity index is 1.72. The summed E-state index contributed by atoms with van der Waals surface area (Å²) in [7, 11) is 0. The second kappa shape index (κ2) is 10.1. The Bertz CT molecular complexity index is 695. The first-order valence-corrected chi connectivity index (χ1v) is 10.8. The first-order valence-electron chi connectivity index (χ1n) is 8.72. The zero-order chi connectivity index (χ0) is 19.0. The van der Waals surface area contributed by atoms with Crippen molar-refractivity contribution in [1.82, 2.24) is 0 Å². The highest BCUT2D eigenvalue weighted by atomic mass is 32.2. The van der Waals surface area contributed by atoms with E-state index in [1.54, 1.807) is 11.8 Å². The van der Waals surface area contributed by atoms with Crippen molar-refractivity contribution in [3.8, 4) is 5.75 Å². The minimum absolute atomic E-state index is 0.0375. The third-order valence-electron chi connectivity index (χ3n) is 4.12. The normalized spacial score (nSPS) is 13.4. The molecule has 1 atom stereocenters. The molecule has 0 saturated carbocycles. The molecule has 0 radical (unpaired) electrons. The lowest BCUT2D eigenvalue weighted by Crippen LogP contribution is -2.40. The largest absolute Gasteiger partial charge is 0.494 e. The van der Waals surface area contributed by atoms with Gasteiger partial charge in [-0.1, -0.05) is 0 Å². The molecule has 0 amide bonds. The van der Waals surface area contributed by atoms with Crippen LogP contribution in [0.5, 0.6) is 5.75 Å². The molecule has 0 spiro atoms. The van der Waals surface area contributed by atoms with Crippen LogP contribution in [0.3, 0.4) is 0 Å². The SMILES string of the molecule is CSc1ccc(OCCCC(=O)c2ccc(CCC(C)(N)CO)s2)cc1. The summed E-state index contributed by atoms with van der Waals surface area (Å²) < 4.78 is 5.69. The number of aliphatic hydroxyl groups excluding tert-OH is 1. The molecule has 0 aliphatic rings. The minimum atomic E-state index is -0.570. The summed E-state index contributed by atoms with van der Waals surface area (Å²) in [4.78, 5) is 15.4. The maximum Gasteiger partial charge on any atom is 0.172 e. The quantitative estimate of drug-likeness (QED) is 0.341. The Morgan fingerprint density at radius 1 is 1.27 bits per heavy atom. The maximum absolute atomic E-state index is 12.3. The van der Waals surface area contributed by atoms with Crippen LogP contribution in [-0.2, 0) is 6.42 Å². The predicted molar refractivity (Wildman–Crippen MR) is 110 cm³/mol. The van der Waals surface area contributed by atoms with Gasteiger partial charge in [0.25, 0.3) is 0 Å². The molecule has 6 heteroatoms. The zero-order valence-electron chi connectivity index (χ0n) is 15.4. The maximum atomic E-state index is 12.3. The molecule has 0 saturated heterocycles. The number of hydrogen-bond acceptors (Lipinski definition) is 6. The number of ketones is 1. The Morgan fingerprint density at radius 2 is 2.00 bits per heavy atom. The number of thiophene rings is 1. The number of carbonyl (C=O) groups is 1. The summed E-state index contributed by atoms with van der Waals surface area (Å²) in [6.07, 6.45) is 4.69. The Labute approximate surface area is 163 Å². The first-order chi connectivity index (χ1) is 12.4. The van der Waals surface area contributed by atoms with E-state index < -0.39 is 5.54 Å². The van der Waals surface area contributed by atoms with E-state index in [9.17, 15) is 9.90 Å². The predicted octanol–water partition coefficient (Wildman–Crippen LogP) is 4.15. The average Bonchev–Trinajstić information content (AvgIpc) is 3.13. The van der Waals surface area contributed by atoms with Gasteiger partial charge in [-0.3, -0.25) is 4.79 Å². The van der Waals surface area contributed by atoms with Crippen molar-refractivity contribution in [1.29, 1.82) is 0 Å². The number of nitrogens with two attached hydrogens (primary N) is 1. The fourth-order valence-corrected chi connectivity index (χ4v) is 3.75. The van der Waals surface area contributed by atoms with Gasteiger partial charge in [-0.15, -0.1) is 23.1 Å². The molecule has 1 unspecified atom stereocenters. The number of Topliss-reactive ketones (excluding diaryl/α,β-unsaturated/α-hetero) is 1. The topological polar surface area (TPSA) is 72.5 Å². The second-order valence-corrected chi connectivity index (χ2v) is 8.68. The number of rotatable bonds is 11. The lowest BCUT2D eigenvalue weighted by Gasteiger charge is -2.20. The highest BCUT2D eigenvalue weighted by molar-refractivity contribution is 7.98. The van der Waals surface area contributed by atoms with Crippen LogP contribution < -0.4 is 10.5 Å². The smallest absolute Gasteiger partial charge is 0.172 e. The molecular formula is C20H27NO3S2. The monoisotopic (exact) mass is 393 g/mol. The van der Waals surface area contributed by atoms with Crippen molar-refractivity contribution >= 4 is 28.9 Å². The van der Waals surface area contributed by atoms with E-state index in [4.69, 9.17) is 10.5 Å². The molecule has 0 aliphatic heterocycles. The van der Waals surface area contributed by atoms with Gasteiger partial charge in [0, 0.05) is 21.7 Å². The van der Waals surface area contributed by atoms with Crippen LogP contribution in [0.15, 0.2) is 41.3 Å². The number of carbonyl (C=O) groups excluding carboxylic acids is 1. The van der Waals surface area contributed by atoms with E-state index in [0.29, 0.717) is 25.9 Å². The van der Waals surface area contributed by atoms with Gasteiger partial charge in [0.1, 0.15) is 5.75 Å². The van der Waals surface area contributed by atoms with Gasteiger partial charge in [0.05, 0.1) is 18.1 Å². The first kappa shape index (κ1) is 21.0. The van der Waals surface area contributed by atoms with Gasteiger partial charge >= 0.3 is 0 Å². The number of aryl methyl sites for hydroxylation is 1. The zero-order valence-corrected chi connectivity index (χ0v) is 17.0. The fourth-order valence-electron chi connectivity index (χ4n) is 2.37. The summed E-state index contributed by atoms with van der Waals surface area (Å²) in [5.41, 5.74) is 5.38. The number of benzene rings is 1. The van der Waals surface area contributed by atoms with Crippen molar-refractivity contribution in [2.24, 2.45) is 5.73 Å². The lowest BCUT2D eigenvalue weighted by molar-refractivity contribution is 0.0977. The van der Waals surface area contributed by atoms with E-state index >= 15 is 0 Å². The highest BCUT2D eigenvalue weighted by Crippen LogP contribution is 2.22. The van der Waals surface area contributed by atoms with Crippen LogP contribution in [0, 0.1) is 0 Å². The molecule has 142 valence electrons. The van der Waals surface area contributed by atoms with Gasteiger partial charge in [-0.25, -0.2) is 0 Å². The molecule has 1 heterocycles. The van der Waals surface area contributed by atoms with Crippen molar-refractivity contribution in [2.75, 3.05) is 19.5 Å². The van der Waals surface area contributed by atoms with E-state index in [-0.39, 0.29) is 12.4 Å². The summed E-state index contributed by atoms with van der Waals surface area (Å²) in [6.45, 7) is 2.33. The molecule has 2 rings (SSSR count). The summed E-state index contributed by atoms with van der Waals surface area (Å²) in [5.74, 6) is 0.989. The molecule has 0 fully saturated rings. The van der Waals surface area contributed by atoms with Crippen LogP contribution in [0.25, 0.3) is 0 Å². The average molecular weight is 394 g/mol. The van der Waals surface area contributed by atoms with E-state index in [1.807, 2.05) is 49.6 Å². The Morgan fingerprint density at radius 3 is 2.65 bits per heavy atom. The summed E-state index contributed by atoms with van der Waals surface area (Å²) >= 11 is 3.22. The van der Waals surface area contributed by atoms with Gasteiger partial charge in [-0.2, -0.15) is 0 Å². The molecule has 2 aromatic rings. The van der Waals surface area contributed by atoms with Gasteiger partial charge in [-0.05, 0) is 68.8 Å². The molecule has 26 heavy (non-hydrogen) atoms. The Kier molecular flexibility index (Phi) is 8.15. The third-order valence-corrected chi connectivity index (χ3v) is 6.05. The van der Waals surface area contributed by atoms with E-state index in [2.05, 4.69) is 0 Å². The molecule has 0 aliphatic carbocycles. The van der Waals surface area contributed by atoms with Crippen molar-refractivity contribution in [3.63, 3.8) is 0 Å². The van der Waals surface area contributed by atoms with Crippen LogP contribution in [0.4, 0.5) is 0 Å². The van der Waals surface area contributed by atoms with Gasteiger partial charge < -0.3 is 15.6 Å². The van der Waals surface area contributed by atoms with Crippen molar-refractivity contribution < 1.29 is 14.6 Å². The summed E-state index contributed by atoms with van der Waals surface area (Å²) in [5, 5.41) is 9.21. The van der Waals surface area contributed by atoms with Crippen molar-refractivity contribution in [3.05, 3.63) is 46.2 Å². The number of aliphatic hydroxyl groups is 1. The highest BCUT2D eigenvalue weighted by Gasteiger charge is 2.17. The minimum Gasteiger partial charge on any atom is -0.494 e. The molecular weight excluding hydrogens is 366 g/mol. The molecule has 1 aromatic carbocycles. The van der Waals surface area contributed by atoms with Crippen LogP contribution >= 0.6 is 23.1 Å². The Hall–Kier alpha value is -1.34. The molecule has 3 N–H and O–H groups in total. The van der Waals surface area contributed by atoms with Crippen LogP contribution in [0.2, 0.25) is 0 Å². The van der Waals surface area contributed by atoms with Crippen LogP contribution in [-0.4, -0.2) is 35.9 Å². The summed E-state index contributed by atoms with van der Waals surface area (Å²) in [6, 6.07) is 11.8. The van der Waals surface area contributed by atoms with Crippen molar-refractivity contribution in [2.45, 2.75) is 43.0 Å². The molecule has 0 bridgehead atoms. The van der Waals surface area contributed by atoms with Crippen LogP contribution in [0.1, 0.15) is 40.7 Å². The van der Waals surface area contributed by atoms with Gasteiger partial charge in [0.2, 0.25) is 0 Å². The molecule has 4 nitrogen and oxygen atoms in total. The van der Waals surface area contributed by atoms with Gasteiger partial charge in [0.15, 0.2) is 5.78 Å². The van der Waals surface area contributed by atoms with E-state index in [0.717, 1.165) is 21.9 Å². The standard InChI is InChI=1S/C20H27NO3S2/c1-20(21,14-22)12-11-17-9-10-19(26-17)18(23)4-3-13-24-15-5-7-16(25-2)8-6-15/h5-10,22H,3-4,11-14,21H2,1-2H3. The van der Waals surface area contributed by atoms with E-state index in [1.165, 1.54) is 16.2 Å².